The van der Waals surface area contributed by atoms with E-state index < -0.39 is 0 Å². The third-order valence-corrected chi connectivity index (χ3v) is 3.66. The Morgan fingerprint density at radius 2 is 1.94 bits per heavy atom. The van der Waals surface area contributed by atoms with Gasteiger partial charge >= 0.3 is 0 Å². The van der Waals surface area contributed by atoms with Crippen LogP contribution in [0.3, 0.4) is 0 Å². The molecule has 2 heteroatoms. The first-order valence-electron chi connectivity index (χ1n) is 6.65. The van der Waals surface area contributed by atoms with Crippen LogP contribution in [0.1, 0.15) is 53.9 Å². The van der Waals surface area contributed by atoms with Gasteiger partial charge < -0.3 is 10.2 Å². The molecule has 1 aliphatic heterocycles. The van der Waals surface area contributed by atoms with Crippen LogP contribution in [-0.4, -0.2) is 36.6 Å². The summed E-state index contributed by atoms with van der Waals surface area (Å²) < 4.78 is 0. The molecule has 0 radical (unpaired) electrons. The Balaban J connectivity index is 2.39. The van der Waals surface area contributed by atoms with Crippen LogP contribution in [0.5, 0.6) is 0 Å². The zero-order valence-electron chi connectivity index (χ0n) is 12.1. The molecular weight excluding hydrogens is 196 g/mol. The molecule has 1 aliphatic rings. The fourth-order valence-electron chi connectivity index (χ4n) is 2.41. The summed E-state index contributed by atoms with van der Waals surface area (Å²) in [6.07, 6.45) is 3.85. The van der Waals surface area contributed by atoms with E-state index in [9.17, 15) is 0 Å². The van der Waals surface area contributed by atoms with E-state index in [0.29, 0.717) is 11.0 Å². The van der Waals surface area contributed by atoms with Crippen molar-refractivity contribution in [2.75, 3.05) is 20.1 Å². The van der Waals surface area contributed by atoms with Crippen molar-refractivity contribution >= 4 is 0 Å². The zero-order chi connectivity index (χ0) is 12.4. The summed E-state index contributed by atoms with van der Waals surface area (Å²) >= 11 is 0. The topological polar surface area (TPSA) is 15.3 Å². The third kappa shape index (κ3) is 4.84. The second-order valence-corrected chi connectivity index (χ2v) is 7.25. The van der Waals surface area contributed by atoms with Gasteiger partial charge in [0.15, 0.2) is 0 Å². The predicted octanol–water partition coefficient (Wildman–Crippen LogP) is 2.89. The van der Waals surface area contributed by atoms with Crippen molar-refractivity contribution < 1.29 is 0 Å². The summed E-state index contributed by atoms with van der Waals surface area (Å²) in [6.45, 7) is 14.0. The first-order chi connectivity index (χ1) is 7.20. The molecule has 0 aliphatic carbocycles. The van der Waals surface area contributed by atoms with Crippen LogP contribution < -0.4 is 5.32 Å². The van der Waals surface area contributed by atoms with Crippen molar-refractivity contribution in [2.45, 2.75) is 65.5 Å². The molecule has 0 aromatic heterocycles. The van der Waals surface area contributed by atoms with E-state index in [1.807, 2.05) is 0 Å². The van der Waals surface area contributed by atoms with Gasteiger partial charge in [0, 0.05) is 11.6 Å². The summed E-state index contributed by atoms with van der Waals surface area (Å²) in [5.74, 6) is 0. The van der Waals surface area contributed by atoms with E-state index in [2.05, 4.69) is 51.9 Å². The molecular formula is C14H30N2. The fourth-order valence-corrected chi connectivity index (χ4v) is 2.41. The minimum absolute atomic E-state index is 0.318. The van der Waals surface area contributed by atoms with E-state index >= 15 is 0 Å². The van der Waals surface area contributed by atoms with Crippen LogP contribution in [0, 0.1) is 5.41 Å². The summed E-state index contributed by atoms with van der Waals surface area (Å²) in [5.41, 5.74) is 0.773. The Hall–Kier alpha value is -0.0800. The molecule has 1 N–H and O–H groups in total. The average Bonchev–Trinajstić information content (AvgIpc) is 2.11. The lowest BCUT2D eigenvalue weighted by Crippen LogP contribution is -2.52. The average molecular weight is 226 g/mol. The number of hydrogen-bond donors (Lipinski definition) is 1. The Kier molecular flexibility index (Phi) is 4.42. The molecule has 0 bridgehead atoms. The molecule has 2 nitrogen and oxygen atoms in total. The van der Waals surface area contributed by atoms with Crippen molar-refractivity contribution in [1.82, 2.24) is 10.2 Å². The van der Waals surface area contributed by atoms with Crippen LogP contribution in [0.25, 0.3) is 0 Å². The number of piperidine rings is 1. The van der Waals surface area contributed by atoms with Gasteiger partial charge in [-0.2, -0.15) is 0 Å². The SMILES string of the molecule is CN(CCC(C)(C)C)C1CCNC(C)(C)C1. The summed E-state index contributed by atoms with van der Waals surface area (Å²) in [5, 5.41) is 3.59. The van der Waals surface area contributed by atoms with Crippen LogP contribution in [0.15, 0.2) is 0 Å². The van der Waals surface area contributed by atoms with Gasteiger partial charge in [0.1, 0.15) is 0 Å². The maximum atomic E-state index is 3.59. The van der Waals surface area contributed by atoms with Crippen molar-refractivity contribution in [3.63, 3.8) is 0 Å². The van der Waals surface area contributed by atoms with Gasteiger partial charge in [-0.3, -0.25) is 0 Å². The smallest absolute Gasteiger partial charge is 0.0140 e. The van der Waals surface area contributed by atoms with Crippen LogP contribution in [-0.2, 0) is 0 Å². The molecule has 1 heterocycles. The molecule has 1 rings (SSSR count). The predicted molar refractivity (Wildman–Crippen MR) is 71.8 cm³/mol. The van der Waals surface area contributed by atoms with Gasteiger partial charge in [-0.1, -0.05) is 20.8 Å². The zero-order valence-corrected chi connectivity index (χ0v) is 12.1. The number of nitrogens with one attached hydrogen (secondary N) is 1. The highest BCUT2D eigenvalue weighted by Crippen LogP contribution is 2.24. The third-order valence-electron chi connectivity index (χ3n) is 3.66. The van der Waals surface area contributed by atoms with Gasteiger partial charge in [-0.25, -0.2) is 0 Å². The quantitative estimate of drug-likeness (QED) is 0.796. The first-order valence-corrected chi connectivity index (χ1v) is 6.65. The highest BCUT2D eigenvalue weighted by Gasteiger charge is 2.29. The largest absolute Gasteiger partial charge is 0.312 e. The van der Waals surface area contributed by atoms with Crippen molar-refractivity contribution in [3.05, 3.63) is 0 Å². The standard InChI is InChI=1S/C14H30N2/c1-13(2,3)8-10-16(6)12-7-9-15-14(4,5)11-12/h12,15H,7-11H2,1-6H3. The number of rotatable bonds is 3. The Labute approximate surface area is 102 Å². The molecule has 0 spiro atoms. The highest BCUT2D eigenvalue weighted by molar-refractivity contribution is 4.90. The van der Waals surface area contributed by atoms with Crippen LogP contribution >= 0.6 is 0 Å². The van der Waals surface area contributed by atoms with Crippen LogP contribution in [0.4, 0.5) is 0 Å². The van der Waals surface area contributed by atoms with Gasteiger partial charge in [0.05, 0.1) is 0 Å². The molecule has 1 atom stereocenters. The second kappa shape index (κ2) is 5.05. The molecule has 16 heavy (non-hydrogen) atoms. The summed E-state index contributed by atoms with van der Waals surface area (Å²) in [6, 6.07) is 0.763. The molecule has 1 fully saturated rings. The molecule has 96 valence electrons. The normalized spacial score (nSPS) is 26.1. The van der Waals surface area contributed by atoms with Gasteiger partial charge in [0.25, 0.3) is 0 Å². The Morgan fingerprint density at radius 1 is 1.31 bits per heavy atom. The fraction of sp³-hybridized carbons (Fsp3) is 1.00. The summed E-state index contributed by atoms with van der Waals surface area (Å²) in [4.78, 5) is 2.56. The van der Waals surface area contributed by atoms with E-state index in [4.69, 9.17) is 0 Å². The van der Waals surface area contributed by atoms with Gasteiger partial charge in [0.2, 0.25) is 0 Å². The Morgan fingerprint density at radius 3 is 2.44 bits per heavy atom. The monoisotopic (exact) mass is 226 g/mol. The number of nitrogens with zero attached hydrogens (tertiary/aromatic N) is 1. The minimum atomic E-state index is 0.318. The molecule has 0 aromatic rings. The van der Waals surface area contributed by atoms with Crippen molar-refractivity contribution in [2.24, 2.45) is 5.41 Å². The van der Waals surface area contributed by atoms with Crippen LogP contribution in [0.2, 0.25) is 0 Å². The van der Waals surface area contributed by atoms with Gasteiger partial charge in [-0.15, -0.1) is 0 Å². The lowest BCUT2D eigenvalue weighted by Gasteiger charge is -2.41. The maximum absolute atomic E-state index is 3.59. The van der Waals surface area contributed by atoms with Gasteiger partial charge in [-0.05, 0) is 58.7 Å². The van der Waals surface area contributed by atoms with E-state index in [0.717, 1.165) is 12.6 Å². The molecule has 1 unspecified atom stereocenters. The molecule has 0 saturated carbocycles. The maximum Gasteiger partial charge on any atom is 0.0140 e. The first kappa shape index (κ1) is 14.0. The highest BCUT2D eigenvalue weighted by atomic mass is 15.1. The lowest BCUT2D eigenvalue weighted by molar-refractivity contribution is 0.131. The van der Waals surface area contributed by atoms with E-state index in [1.165, 1.54) is 25.8 Å². The molecule has 0 aromatic carbocycles. The number of hydrogen-bond acceptors (Lipinski definition) is 2. The lowest BCUT2D eigenvalue weighted by atomic mass is 9.87. The summed E-state index contributed by atoms with van der Waals surface area (Å²) in [7, 11) is 2.29. The molecule has 1 saturated heterocycles. The van der Waals surface area contributed by atoms with E-state index in [1.54, 1.807) is 0 Å². The second-order valence-electron chi connectivity index (χ2n) is 7.25. The van der Waals surface area contributed by atoms with E-state index in [-0.39, 0.29) is 0 Å². The Bertz CT molecular complexity index is 215. The minimum Gasteiger partial charge on any atom is -0.312 e. The van der Waals surface area contributed by atoms with Crippen molar-refractivity contribution in [3.8, 4) is 0 Å². The molecule has 0 amide bonds. The van der Waals surface area contributed by atoms with Crippen molar-refractivity contribution in [1.29, 1.82) is 0 Å².